The van der Waals surface area contributed by atoms with Crippen LogP contribution >= 0.6 is 46.4 Å². The van der Waals surface area contributed by atoms with Crippen LogP contribution in [-0.2, 0) is 0 Å². The third-order valence-electron chi connectivity index (χ3n) is 2.69. The summed E-state index contributed by atoms with van der Waals surface area (Å²) in [6.07, 6.45) is 1.30. The lowest BCUT2D eigenvalue weighted by molar-refractivity contribution is -0.384. The molecule has 122 valence electrons. The number of carbonyl (C=O) groups excluding carboxylic acids is 1. The van der Waals surface area contributed by atoms with Gasteiger partial charge in [0.25, 0.3) is 11.6 Å². The fourth-order valence-electron chi connectivity index (χ4n) is 1.65. The number of nitrogens with zero attached hydrogens (tertiary/aromatic N) is 4. The Morgan fingerprint density at radius 1 is 1.39 bits per heavy atom. The summed E-state index contributed by atoms with van der Waals surface area (Å²) >= 11 is 23.4. The third kappa shape index (κ3) is 4.23. The van der Waals surface area contributed by atoms with Crippen LogP contribution in [0, 0.1) is 10.1 Å². The Kier molecular flexibility index (Phi) is 5.30. The molecule has 1 unspecified atom stereocenters. The maximum atomic E-state index is 12.3. The first kappa shape index (κ1) is 17.7. The number of halogens is 4. The van der Waals surface area contributed by atoms with Crippen molar-refractivity contribution in [2.24, 2.45) is 0 Å². The monoisotopic (exact) mass is 397 g/mol. The van der Waals surface area contributed by atoms with E-state index < -0.39 is 20.8 Å². The number of benzene rings is 1. The van der Waals surface area contributed by atoms with Gasteiger partial charge in [0.15, 0.2) is 6.17 Å². The van der Waals surface area contributed by atoms with Gasteiger partial charge in [0.2, 0.25) is 3.79 Å². The first-order chi connectivity index (χ1) is 10.7. The van der Waals surface area contributed by atoms with Gasteiger partial charge >= 0.3 is 0 Å². The standard InChI is InChI=1S/C11H7Cl4N5O3/c12-8-3-6(20(22)23)1-2-7(8)9(21)18-10(11(13,14)15)19-5-16-4-17-19/h1-5,10H,(H,18,21). The van der Waals surface area contributed by atoms with Crippen molar-refractivity contribution in [3.05, 3.63) is 51.6 Å². The van der Waals surface area contributed by atoms with Gasteiger partial charge in [-0.2, -0.15) is 5.10 Å². The number of carbonyl (C=O) groups is 1. The maximum Gasteiger partial charge on any atom is 0.270 e. The second-order valence-corrected chi connectivity index (χ2v) is 6.99. The normalized spacial score (nSPS) is 12.7. The molecule has 1 aromatic carbocycles. The van der Waals surface area contributed by atoms with Gasteiger partial charge in [-0.1, -0.05) is 46.4 Å². The van der Waals surface area contributed by atoms with Gasteiger partial charge in [0, 0.05) is 12.1 Å². The van der Waals surface area contributed by atoms with E-state index in [2.05, 4.69) is 15.4 Å². The molecule has 0 aliphatic rings. The predicted octanol–water partition coefficient (Wildman–Crippen LogP) is 3.14. The van der Waals surface area contributed by atoms with Gasteiger partial charge < -0.3 is 5.32 Å². The second kappa shape index (κ2) is 6.88. The fourth-order valence-corrected chi connectivity index (χ4v) is 2.38. The Hall–Kier alpha value is -1.61. The Morgan fingerprint density at radius 2 is 2.09 bits per heavy atom. The number of nitro benzene ring substituents is 1. The topological polar surface area (TPSA) is 103 Å². The zero-order valence-corrected chi connectivity index (χ0v) is 14.0. The average molecular weight is 399 g/mol. The molecule has 1 atom stereocenters. The SMILES string of the molecule is O=C(NC(n1cncn1)C(Cl)(Cl)Cl)c1ccc([N+](=O)[O-])cc1Cl. The minimum atomic E-state index is -1.92. The lowest BCUT2D eigenvalue weighted by atomic mass is 10.2. The molecular weight excluding hydrogens is 392 g/mol. The van der Waals surface area contributed by atoms with Crippen LogP contribution in [0.1, 0.15) is 16.5 Å². The van der Waals surface area contributed by atoms with E-state index in [1.807, 2.05) is 0 Å². The van der Waals surface area contributed by atoms with Crippen LogP contribution in [0.4, 0.5) is 5.69 Å². The minimum Gasteiger partial charge on any atom is -0.326 e. The zero-order valence-electron chi connectivity index (χ0n) is 11.0. The van der Waals surface area contributed by atoms with Gasteiger partial charge in [-0.05, 0) is 6.07 Å². The van der Waals surface area contributed by atoms with Crippen molar-refractivity contribution in [3.8, 4) is 0 Å². The van der Waals surface area contributed by atoms with E-state index >= 15 is 0 Å². The summed E-state index contributed by atoms with van der Waals surface area (Å²) < 4.78 is -0.777. The van der Waals surface area contributed by atoms with Crippen molar-refractivity contribution >= 4 is 58.0 Å². The summed E-state index contributed by atoms with van der Waals surface area (Å²) in [5.74, 6) is -0.697. The minimum absolute atomic E-state index is 0.0170. The first-order valence-corrected chi connectivity index (χ1v) is 7.37. The van der Waals surface area contributed by atoms with Crippen LogP contribution in [0.5, 0.6) is 0 Å². The van der Waals surface area contributed by atoms with Crippen LogP contribution in [0.15, 0.2) is 30.9 Å². The molecule has 0 saturated carbocycles. The van der Waals surface area contributed by atoms with Crippen LogP contribution in [0.25, 0.3) is 0 Å². The molecule has 0 bridgehead atoms. The van der Waals surface area contributed by atoms with E-state index in [0.717, 1.165) is 16.8 Å². The number of aromatic nitrogens is 3. The van der Waals surface area contributed by atoms with Crippen molar-refractivity contribution in [1.82, 2.24) is 20.1 Å². The van der Waals surface area contributed by atoms with E-state index in [-0.39, 0.29) is 16.3 Å². The van der Waals surface area contributed by atoms with Gasteiger partial charge in [0.1, 0.15) is 12.7 Å². The first-order valence-electron chi connectivity index (χ1n) is 5.86. The highest BCUT2D eigenvalue weighted by atomic mass is 35.6. The molecule has 8 nitrogen and oxygen atoms in total. The average Bonchev–Trinajstić information content (AvgIpc) is 2.96. The summed E-state index contributed by atoms with van der Waals surface area (Å²) in [5, 5.41) is 16.8. The third-order valence-corrected chi connectivity index (χ3v) is 3.62. The summed E-state index contributed by atoms with van der Waals surface area (Å²) in [6.45, 7) is 0. The molecule has 0 saturated heterocycles. The molecule has 2 aromatic rings. The number of nitrogens with one attached hydrogen (secondary N) is 1. The highest BCUT2D eigenvalue weighted by Gasteiger charge is 2.36. The number of rotatable bonds is 4. The number of hydrogen-bond acceptors (Lipinski definition) is 5. The van der Waals surface area contributed by atoms with E-state index in [4.69, 9.17) is 46.4 Å². The zero-order chi connectivity index (χ0) is 17.2. The molecule has 23 heavy (non-hydrogen) atoms. The molecule has 2 rings (SSSR count). The molecule has 1 amide bonds. The molecule has 1 heterocycles. The second-order valence-electron chi connectivity index (χ2n) is 4.21. The van der Waals surface area contributed by atoms with Crippen LogP contribution in [-0.4, -0.2) is 29.4 Å². The van der Waals surface area contributed by atoms with Gasteiger partial charge in [-0.25, -0.2) is 9.67 Å². The van der Waals surface area contributed by atoms with E-state index in [9.17, 15) is 14.9 Å². The van der Waals surface area contributed by atoms with Gasteiger partial charge in [-0.15, -0.1) is 0 Å². The summed E-state index contributed by atoms with van der Waals surface area (Å²) in [7, 11) is 0. The lowest BCUT2D eigenvalue weighted by Crippen LogP contribution is -2.40. The van der Waals surface area contributed by atoms with Crippen molar-refractivity contribution in [2.75, 3.05) is 0 Å². The van der Waals surface area contributed by atoms with Crippen LogP contribution < -0.4 is 5.32 Å². The number of hydrogen-bond donors (Lipinski definition) is 1. The number of amides is 1. The number of alkyl halides is 3. The molecule has 0 radical (unpaired) electrons. The molecule has 0 fully saturated rings. The van der Waals surface area contributed by atoms with Crippen molar-refractivity contribution in [2.45, 2.75) is 9.96 Å². The van der Waals surface area contributed by atoms with Gasteiger partial charge in [0.05, 0.1) is 15.5 Å². The Labute approximate surface area is 149 Å². The molecular formula is C11H7Cl4N5O3. The smallest absolute Gasteiger partial charge is 0.270 e. The lowest BCUT2D eigenvalue weighted by Gasteiger charge is -2.25. The molecule has 0 spiro atoms. The van der Waals surface area contributed by atoms with Gasteiger partial charge in [-0.3, -0.25) is 14.9 Å². The molecule has 1 N–H and O–H groups in total. The van der Waals surface area contributed by atoms with Crippen LogP contribution in [0.3, 0.4) is 0 Å². The summed E-state index contributed by atoms with van der Waals surface area (Å²) in [5.41, 5.74) is -0.266. The number of nitro groups is 1. The van der Waals surface area contributed by atoms with E-state index in [1.54, 1.807) is 0 Å². The summed E-state index contributed by atoms with van der Waals surface area (Å²) in [4.78, 5) is 26.0. The largest absolute Gasteiger partial charge is 0.326 e. The molecule has 0 aliphatic carbocycles. The summed E-state index contributed by atoms with van der Waals surface area (Å²) in [6, 6.07) is 3.39. The Bertz CT molecular complexity index is 732. The molecule has 12 heteroatoms. The Morgan fingerprint density at radius 3 is 2.57 bits per heavy atom. The highest BCUT2D eigenvalue weighted by molar-refractivity contribution is 6.67. The Balaban J connectivity index is 2.28. The maximum absolute atomic E-state index is 12.3. The van der Waals surface area contributed by atoms with Crippen molar-refractivity contribution in [3.63, 3.8) is 0 Å². The molecule has 0 aliphatic heterocycles. The molecule has 1 aromatic heterocycles. The quantitative estimate of drug-likeness (QED) is 0.484. The number of non-ortho nitro benzene ring substituents is 1. The van der Waals surface area contributed by atoms with E-state index in [1.165, 1.54) is 18.7 Å². The predicted molar refractivity (Wildman–Crippen MR) is 84.9 cm³/mol. The van der Waals surface area contributed by atoms with Crippen molar-refractivity contribution in [1.29, 1.82) is 0 Å². The highest BCUT2D eigenvalue weighted by Crippen LogP contribution is 2.36. The van der Waals surface area contributed by atoms with Crippen molar-refractivity contribution < 1.29 is 9.72 Å². The fraction of sp³-hybridized carbons (Fsp3) is 0.182. The van der Waals surface area contributed by atoms with E-state index in [0.29, 0.717) is 0 Å². The van der Waals surface area contributed by atoms with Crippen LogP contribution in [0.2, 0.25) is 5.02 Å².